The first-order valence-electron chi connectivity index (χ1n) is 3.20. The van der Waals surface area contributed by atoms with Crippen molar-refractivity contribution >= 4 is 34.2 Å². The van der Waals surface area contributed by atoms with Gasteiger partial charge in [-0.1, -0.05) is 11.6 Å². The Labute approximate surface area is 95.1 Å². The van der Waals surface area contributed by atoms with E-state index in [2.05, 4.69) is 4.74 Å². The van der Waals surface area contributed by atoms with Gasteiger partial charge >= 0.3 is 6.36 Å². The van der Waals surface area contributed by atoms with Gasteiger partial charge in [-0.15, -0.1) is 13.2 Å². The van der Waals surface area contributed by atoms with Crippen molar-refractivity contribution in [3.63, 3.8) is 0 Å². The predicted molar refractivity (Wildman–Crippen MR) is 50.8 cm³/mol. The lowest BCUT2D eigenvalue weighted by atomic mass is 10.3. The van der Waals surface area contributed by atoms with Crippen LogP contribution in [-0.4, -0.2) is 6.36 Å². The van der Waals surface area contributed by atoms with E-state index < -0.39 is 17.9 Å². The lowest BCUT2D eigenvalue weighted by Gasteiger charge is -2.11. The van der Waals surface area contributed by atoms with E-state index in [4.69, 9.17) is 11.6 Å². The molecule has 0 saturated carbocycles. The Hall–Kier alpha value is -0.240. The molecule has 1 rings (SSSR count). The Morgan fingerprint density at radius 3 is 2.36 bits per heavy atom. The summed E-state index contributed by atoms with van der Waals surface area (Å²) >= 11 is 7.10. The van der Waals surface area contributed by atoms with Crippen LogP contribution in [0.2, 0.25) is 5.02 Å². The van der Waals surface area contributed by atoms with Crippen LogP contribution in [0.5, 0.6) is 5.75 Å². The SMILES string of the molecule is Fc1ccc(I)c(Cl)c1OC(F)(F)F. The van der Waals surface area contributed by atoms with Gasteiger partial charge in [0.25, 0.3) is 0 Å². The standard InChI is InChI=1S/C7H2ClF4IO/c8-5-4(13)2-1-3(9)6(5)14-7(10,11)12/h1-2H. The molecule has 0 radical (unpaired) electrons. The third-order valence-corrected chi connectivity index (χ3v) is 2.81. The molecule has 1 aromatic carbocycles. The second-order valence-corrected chi connectivity index (χ2v) is 3.76. The van der Waals surface area contributed by atoms with Gasteiger partial charge in [-0.25, -0.2) is 4.39 Å². The molecule has 0 bridgehead atoms. The quantitative estimate of drug-likeness (QED) is 0.427. The van der Waals surface area contributed by atoms with Crippen LogP contribution in [0.4, 0.5) is 17.6 Å². The minimum atomic E-state index is -4.95. The van der Waals surface area contributed by atoms with Crippen molar-refractivity contribution in [3.05, 3.63) is 26.5 Å². The molecular formula is C7H2ClF4IO. The van der Waals surface area contributed by atoms with E-state index in [-0.39, 0.29) is 8.59 Å². The van der Waals surface area contributed by atoms with Gasteiger partial charge in [0.15, 0.2) is 11.6 Å². The molecule has 1 aromatic rings. The van der Waals surface area contributed by atoms with E-state index in [0.717, 1.165) is 6.07 Å². The summed E-state index contributed by atoms with van der Waals surface area (Å²) in [6.45, 7) is 0. The topological polar surface area (TPSA) is 9.23 Å². The van der Waals surface area contributed by atoms with E-state index in [1.54, 1.807) is 22.6 Å². The molecule has 0 N–H and O–H groups in total. The highest BCUT2D eigenvalue weighted by Crippen LogP contribution is 2.35. The number of hydrogen-bond acceptors (Lipinski definition) is 1. The number of alkyl halides is 3. The van der Waals surface area contributed by atoms with Crippen LogP contribution in [0.3, 0.4) is 0 Å². The normalized spacial score (nSPS) is 11.6. The average Bonchev–Trinajstić information content (AvgIpc) is 2.04. The van der Waals surface area contributed by atoms with Gasteiger partial charge in [0, 0.05) is 3.57 Å². The first kappa shape index (κ1) is 11.8. The second kappa shape index (κ2) is 4.09. The molecule has 1 nitrogen and oxygen atoms in total. The van der Waals surface area contributed by atoms with Gasteiger partial charge in [-0.2, -0.15) is 0 Å². The number of halogens is 6. The minimum Gasteiger partial charge on any atom is -0.401 e. The highest BCUT2D eigenvalue weighted by Gasteiger charge is 2.33. The van der Waals surface area contributed by atoms with Gasteiger partial charge in [0.2, 0.25) is 0 Å². The summed E-state index contributed by atoms with van der Waals surface area (Å²) in [7, 11) is 0. The van der Waals surface area contributed by atoms with Gasteiger partial charge < -0.3 is 4.74 Å². The van der Waals surface area contributed by atoms with Crippen molar-refractivity contribution in [1.82, 2.24) is 0 Å². The van der Waals surface area contributed by atoms with Crippen LogP contribution >= 0.6 is 34.2 Å². The zero-order chi connectivity index (χ0) is 10.9. The van der Waals surface area contributed by atoms with E-state index in [1.807, 2.05) is 0 Å². The molecule has 7 heteroatoms. The van der Waals surface area contributed by atoms with Gasteiger partial charge in [0.05, 0.1) is 5.02 Å². The maximum atomic E-state index is 12.8. The Kier molecular flexibility index (Phi) is 3.46. The Bertz CT molecular complexity index is 352. The van der Waals surface area contributed by atoms with Crippen molar-refractivity contribution in [2.45, 2.75) is 6.36 Å². The van der Waals surface area contributed by atoms with Crippen molar-refractivity contribution in [2.24, 2.45) is 0 Å². The van der Waals surface area contributed by atoms with Crippen molar-refractivity contribution in [2.75, 3.05) is 0 Å². The highest BCUT2D eigenvalue weighted by molar-refractivity contribution is 14.1. The van der Waals surface area contributed by atoms with Gasteiger partial charge in [0.1, 0.15) is 0 Å². The predicted octanol–water partition coefficient (Wildman–Crippen LogP) is 3.98. The average molecular weight is 340 g/mol. The maximum absolute atomic E-state index is 12.8. The summed E-state index contributed by atoms with van der Waals surface area (Å²) in [5.74, 6) is -2.14. The zero-order valence-electron chi connectivity index (χ0n) is 6.33. The third kappa shape index (κ3) is 2.88. The van der Waals surface area contributed by atoms with Crippen LogP contribution in [0.25, 0.3) is 0 Å². The Balaban J connectivity index is 3.13. The maximum Gasteiger partial charge on any atom is 0.573 e. The molecular weight excluding hydrogens is 338 g/mol. The van der Waals surface area contributed by atoms with Crippen LogP contribution in [0.1, 0.15) is 0 Å². The van der Waals surface area contributed by atoms with E-state index in [9.17, 15) is 17.6 Å². The molecule has 0 aliphatic rings. The zero-order valence-corrected chi connectivity index (χ0v) is 9.24. The van der Waals surface area contributed by atoms with Crippen LogP contribution in [-0.2, 0) is 0 Å². The molecule has 0 amide bonds. The fourth-order valence-corrected chi connectivity index (χ4v) is 1.33. The van der Waals surface area contributed by atoms with Crippen molar-refractivity contribution in [3.8, 4) is 5.75 Å². The van der Waals surface area contributed by atoms with E-state index >= 15 is 0 Å². The van der Waals surface area contributed by atoms with Crippen LogP contribution < -0.4 is 4.74 Å². The summed E-state index contributed by atoms with van der Waals surface area (Å²) in [4.78, 5) is 0. The molecule has 0 aliphatic carbocycles. The first-order valence-corrected chi connectivity index (χ1v) is 4.66. The first-order chi connectivity index (χ1) is 6.31. The number of benzene rings is 1. The van der Waals surface area contributed by atoms with Gasteiger partial charge in [-0.3, -0.25) is 0 Å². The molecule has 0 unspecified atom stereocenters. The fraction of sp³-hybridized carbons (Fsp3) is 0.143. The number of ether oxygens (including phenoxy) is 1. The summed E-state index contributed by atoms with van der Waals surface area (Å²) in [6.07, 6.45) is -4.95. The lowest BCUT2D eigenvalue weighted by Crippen LogP contribution is -2.18. The molecule has 0 spiro atoms. The monoisotopic (exact) mass is 340 g/mol. The highest BCUT2D eigenvalue weighted by atomic mass is 127. The summed E-state index contributed by atoms with van der Waals surface area (Å²) < 4.78 is 51.9. The third-order valence-electron chi connectivity index (χ3n) is 1.22. The lowest BCUT2D eigenvalue weighted by molar-refractivity contribution is -0.275. The molecule has 0 fully saturated rings. The number of hydrogen-bond donors (Lipinski definition) is 0. The summed E-state index contributed by atoms with van der Waals surface area (Å²) in [5.41, 5.74) is 0. The Morgan fingerprint density at radius 2 is 1.86 bits per heavy atom. The Morgan fingerprint density at radius 1 is 1.29 bits per heavy atom. The summed E-state index contributed by atoms with van der Waals surface area (Å²) in [5, 5.41) is -0.386. The molecule has 0 heterocycles. The molecule has 0 saturated heterocycles. The van der Waals surface area contributed by atoms with Crippen molar-refractivity contribution < 1.29 is 22.3 Å². The van der Waals surface area contributed by atoms with Crippen molar-refractivity contribution in [1.29, 1.82) is 0 Å². The molecule has 0 atom stereocenters. The van der Waals surface area contributed by atoms with Crippen LogP contribution in [0, 0.1) is 9.39 Å². The van der Waals surface area contributed by atoms with Crippen LogP contribution in [0.15, 0.2) is 12.1 Å². The second-order valence-electron chi connectivity index (χ2n) is 2.22. The van der Waals surface area contributed by atoms with E-state index in [1.165, 1.54) is 6.07 Å². The largest absolute Gasteiger partial charge is 0.573 e. The minimum absolute atomic E-state index is 0.282. The molecule has 0 aromatic heterocycles. The van der Waals surface area contributed by atoms with Gasteiger partial charge in [-0.05, 0) is 34.7 Å². The summed E-state index contributed by atoms with van der Waals surface area (Å²) in [6, 6.07) is 2.11. The molecule has 0 aliphatic heterocycles. The smallest absolute Gasteiger partial charge is 0.401 e. The fourth-order valence-electron chi connectivity index (χ4n) is 0.718. The number of rotatable bonds is 1. The molecule has 78 valence electrons. The molecule has 14 heavy (non-hydrogen) atoms. The van der Waals surface area contributed by atoms with E-state index in [0.29, 0.717) is 0 Å².